The molecule has 0 aromatic rings. The second-order valence-corrected chi connectivity index (χ2v) is 5.22. The van der Waals surface area contributed by atoms with Gasteiger partial charge in [0, 0.05) is 6.04 Å². The largest absolute Gasteiger partial charge is 0.316 e. The van der Waals surface area contributed by atoms with Gasteiger partial charge in [-0.2, -0.15) is 0 Å². The van der Waals surface area contributed by atoms with Gasteiger partial charge in [-0.1, -0.05) is 40.0 Å². The molecule has 0 saturated heterocycles. The first kappa shape index (κ1) is 12.0. The fraction of sp³-hybridized carbons (Fsp3) is 1.00. The van der Waals surface area contributed by atoms with Crippen LogP contribution in [0.1, 0.15) is 52.9 Å². The standard InChI is InChI=1S/C13H27N/c1-5-11(3)13(14-4)12-8-6-10(2)7-9-12/h10-14H,5-9H2,1-4H3. The van der Waals surface area contributed by atoms with Crippen LogP contribution in [0.2, 0.25) is 0 Å². The van der Waals surface area contributed by atoms with Gasteiger partial charge in [0.2, 0.25) is 0 Å². The molecule has 1 N–H and O–H groups in total. The molecule has 1 nitrogen and oxygen atoms in total. The van der Waals surface area contributed by atoms with Crippen LogP contribution < -0.4 is 5.32 Å². The molecule has 2 atom stereocenters. The minimum absolute atomic E-state index is 0.757. The minimum atomic E-state index is 0.757. The van der Waals surface area contributed by atoms with Crippen LogP contribution in [0.3, 0.4) is 0 Å². The Balaban J connectivity index is 2.44. The lowest BCUT2D eigenvalue weighted by molar-refractivity contribution is 0.194. The predicted molar refractivity (Wildman–Crippen MR) is 63.4 cm³/mol. The normalized spacial score (nSPS) is 32.6. The summed E-state index contributed by atoms with van der Waals surface area (Å²) in [6, 6.07) is 0.757. The SMILES string of the molecule is CCC(C)C(NC)C1CCC(C)CC1. The topological polar surface area (TPSA) is 12.0 Å². The maximum atomic E-state index is 3.54. The third kappa shape index (κ3) is 2.98. The Morgan fingerprint density at radius 2 is 1.79 bits per heavy atom. The average molecular weight is 197 g/mol. The van der Waals surface area contributed by atoms with E-state index >= 15 is 0 Å². The highest BCUT2D eigenvalue weighted by atomic mass is 14.9. The zero-order valence-electron chi connectivity index (χ0n) is 10.3. The van der Waals surface area contributed by atoms with Crippen molar-refractivity contribution in [1.82, 2.24) is 5.32 Å². The van der Waals surface area contributed by atoms with Crippen molar-refractivity contribution in [2.45, 2.75) is 58.9 Å². The highest BCUT2D eigenvalue weighted by Gasteiger charge is 2.27. The molecule has 0 aromatic carbocycles. The fourth-order valence-corrected chi connectivity index (χ4v) is 2.88. The Hall–Kier alpha value is -0.0400. The summed E-state index contributed by atoms with van der Waals surface area (Å²) in [4.78, 5) is 0. The molecule has 1 heteroatoms. The Labute approximate surface area is 89.7 Å². The summed E-state index contributed by atoms with van der Waals surface area (Å²) in [6.07, 6.45) is 7.07. The smallest absolute Gasteiger partial charge is 0.0118 e. The van der Waals surface area contributed by atoms with Gasteiger partial charge in [-0.3, -0.25) is 0 Å². The zero-order chi connectivity index (χ0) is 10.6. The van der Waals surface area contributed by atoms with Crippen molar-refractivity contribution in [2.75, 3.05) is 7.05 Å². The first-order chi connectivity index (χ1) is 6.69. The highest BCUT2D eigenvalue weighted by molar-refractivity contribution is 4.83. The van der Waals surface area contributed by atoms with Crippen molar-refractivity contribution < 1.29 is 0 Å². The molecule has 1 fully saturated rings. The van der Waals surface area contributed by atoms with E-state index in [2.05, 4.69) is 33.1 Å². The molecule has 14 heavy (non-hydrogen) atoms. The van der Waals surface area contributed by atoms with Gasteiger partial charge in [-0.25, -0.2) is 0 Å². The molecule has 0 bridgehead atoms. The first-order valence-electron chi connectivity index (χ1n) is 6.36. The van der Waals surface area contributed by atoms with E-state index in [4.69, 9.17) is 0 Å². The molecular formula is C13H27N. The fourth-order valence-electron chi connectivity index (χ4n) is 2.88. The van der Waals surface area contributed by atoms with Gasteiger partial charge in [-0.15, -0.1) is 0 Å². The summed E-state index contributed by atoms with van der Waals surface area (Å²) in [5, 5.41) is 3.54. The maximum absolute atomic E-state index is 3.54. The monoisotopic (exact) mass is 197 g/mol. The van der Waals surface area contributed by atoms with E-state index in [-0.39, 0.29) is 0 Å². The lowest BCUT2D eigenvalue weighted by atomic mass is 9.75. The molecule has 0 heterocycles. The van der Waals surface area contributed by atoms with Gasteiger partial charge in [0.1, 0.15) is 0 Å². The highest BCUT2D eigenvalue weighted by Crippen LogP contribution is 2.33. The van der Waals surface area contributed by atoms with Crippen LogP contribution >= 0.6 is 0 Å². The lowest BCUT2D eigenvalue weighted by Gasteiger charge is -2.35. The van der Waals surface area contributed by atoms with Gasteiger partial charge in [-0.05, 0) is 37.6 Å². The molecule has 84 valence electrons. The van der Waals surface area contributed by atoms with Crippen LogP contribution in [0.25, 0.3) is 0 Å². The van der Waals surface area contributed by atoms with Crippen molar-refractivity contribution in [3.05, 3.63) is 0 Å². The molecule has 1 rings (SSSR count). The van der Waals surface area contributed by atoms with E-state index < -0.39 is 0 Å². The maximum Gasteiger partial charge on any atom is 0.0118 e. The van der Waals surface area contributed by atoms with Crippen molar-refractivity contribution in [2.24, 2.45) is 17.8 Å². The third-order valence-corrected chi connectivity index (χ3v) is 4.16. The minimum Gasteiger partial charge on any atom is -0.316 e. The molecule has 1 saturated carbocycles. The number of nitrogens with one attached hydrogen (secondary N) is 1. The van der Waals surface area contributed by atoms with Crippen LogP contribution in [-0.2, 0) is 0 Å². The average Bonchev–Trinajstić information content (AvgIpc) is 2.21. The van der Waals surface area contributed by atoms with Gasteiger partial charge >= 0.3 is 0 Å². The van der Waals surface area contributed by atoms with Gasteiger partial charge in [0.15, 0.2) is 0 Å². The van der Waals surface area contributed by atoms with Crippen molar-refractivity contribution >= 4 is 0 Å². The number of rotatable bonds is 4. The van der Waals surface area contributed by atoms with Gasteiger partial charge in [0.25, 0.3) is 0 Å². The van der Waals surface area contributed by atoms with Crippen molar-refractivity contribution in [1.29, 1.82) is 0 Å². The molecule has 0 spiro atoms. The summed E-state index contributed by atoms with van der Waals surface area (Å²) < 4.78 is 0. The van der Waals surface area contributed by atoms with E-state index in [1.807, 2.05) is 0 Å². The molecule has 2 unspecified atom stereocenters. The third-order valence-electron chi connectivity index (χ3n) is 4.16. The molecular weight excluding hydrogens is 170 g/mol. The zero-order valence-corrected chi connectivity index (χ0v) is 10.3. The summed E-state index contributed by atoms with van der Waals surface area (Å²) >= 11 is 0. The second-order valence-electron chi connectivity index (χ2n) is 5.22. The molecule has 0 aliphatic heterocycles. The van der Waals surface area contributed by atoms with Crippen LogP contribution in [0.5, 0.6) is 0 Å². The number of hydrogen-bond donors (Lipinski definition) is 1. The summed E-state index contributed by atoms with van der Waals surface area (Å²) in [6.45, 7) is 7.09. The molecule has 0 aromatic heterocycles. The Morgan fingerprint density at radius 1 is 1.21 bits per heavy atom. The predicted octanol–water partition coefficient (Wildman–Crippen LogP) is 3.45. The van der Waals surface area contributed by atoms with Crippen LogP contribution in [0.4, 0.5) is 0 Å². The lowest BCUT2D eigenvalue weighted by Crippen LogP contribution is -2.40. The van der Waals surface area contributed by atoms with Crippen LogP contribution in [0, 0.1) is 17.8 Å². The van der Waals surface area contributed by atoms with E-state index in [0.29, 0.717) is 0 Å². The quantitative estimate of drug-likeness (QED) is 0.728. The van der Waals surface area contributed by atoms with E-state index in [1.54, 1.807) is 0 Å². The van der Waals surface area contributed by atoms with E-state index in [0.717, 1.165) is 23.8 Å². The Kier molecular flexibility index (Phi) is 4.94. The van der Waals surface area contributed by atoms with Crippen LogP contribution in [0.15, 0.2) is 0 Å². The number of hydrogen-bond acceptors (Lipinski definition) is 1. The van der Waals surface area contributed by atoms with E-state index in [9.17, 15) is 0 Å². The molecule has 0 radical (unpaired) electrons. The van der Waals surface area contributed by atoms with E-state index in [1.165, 1.54) is 32.1 Å². The van der Waals surface area contributed by atoms with Crippen molar-refractivity contribution in [3.63, 3.8) is 0 Å². The Bertz CT molecular complexity index is 147. The Morgan fingerprint density at radius 3 is 2.21 bits per heavy atom. The first-order valence-corrected chi connectivity index (χ1v) is 6.36. The van der Waals surface area contributed by atoms with Gasteiger partial charge < -0.3 is 5.32 Å². The van der Waals surface area contributed by atoms with Crippen LogP contribution in [-0.4, -0.2) is 13.1 Å². The molecule has 1 aliphatic carbocycles. The summed E-state index contributed by atoms with van der Waals surface area (Å²) in [5.74, 6) is 2.74. The molecule has 0 amide bonds. The summed E-state index contributed by atoms with van der Waals surface area (Å²) in [5.41, 5.74) is 0. The van der Waals surface area contributed by atoms with Gasteiger partial charge in [0.05, 0.1) is 0 Å². The summed E-state index contributed by atoms with van der Waals surface area (Å²) in [7, 11) is 2.13. The van der Waals surface area contributed by atoms with Crippen molar-refractivity contribution in [3.8, 4) is 0 Å². The second kappa shape index (κ2) is 5.75. The molecule has 1 aliphatic rings.